The lowest BCUT2D eigenvalue weighted by Gasteiger charge is -2.31. The van der Waals surface area contributed by atoms with E-state index in [4.69, 9.17) is 4.74 Å². The highest BCUT2D eigenvalue weighted by Gasteiger charge is 2.29. The first-order chi connectivity index (χ1) is 10.1. The number of aromatic amines is 1. The smallest absolute Gasteiger partial charge is 0.262 e. The lowest BCUT2D eigenvalue weighted by atomic mass is 9.99. The minimum absolute atomic E-state index is 0.01000. The normalized spacial score (nSPS) is 14.0. The topological polar surface area (TPSA) is 58.2 Å². The zero-order valence-corrected chi connectivity index (χ0v) is 12.6. The van der Waals surface area contributed by atoms with Crippen LogP contribution in [0.4, 0.5) is 5.69 Å². The van der Waals surface area contributed by atoms with Crippen molar-refractivity contribution >= 4 is 11.6 Å². The van der Waals surface area contributed by atoms with E-state index >= 15 is 0 Å². The van der Waals surface area contributed by atoms with Crippen molar-refractivity contribution in [2.24, 2.45) is 0 Å². The van der Waals surface area contributed by atoms with Gasteiger partial charge in [-0.05, 0) is 38.3 Å². The molecule has 21 heavy (non-hydrogen) atoms. The van der Waals surface area contributed by atoms with Gasteiger partial charge >= 0.3 is 0 Å². The summed E-state index contributed by atoms with van der Waals surface area (Å²) >= 11 is 0. The Morgan fingerprint density at radius 3 is 2.86 bits per heavy atom. The van der Waals surface area contributed by atoms with Crippen LogP contribution in [0, 0.1) is 13.8 Å². The van der Waals surface area contributed by atoms with Crippen molar-refractivity contribution in [3.8, 4) is 5.75 Å². The average molecular weight is 285 g/mol. The van der Waals surface area contributed by atoms with Crippen LogP contribution in [0.2, 0.25) is 0 Å². The highest BCUT2D eigenvalue weighted by Crippen LogP contribution is 2.37. The predicted octanol–water partition coefficient (Wildman–Crippen LogP) is 2.63. The number of methoxy groups -OCH3 is 1. The van der Waals surface area contributed by atoms with Gasteiger partial charge in [0.1, 0.15) is 5.75 Å². The summed E-state index contributed by atoms with van der Waals surface area (Å²) < 4.78 is 5.45. The maximum atomic E-state index is 12.9. The monoisotopic (exact) mass is 285 g/mol. The zero-order chi connectivity index (χ0) is 15.0. The molecule has 0 fully saturated rings. The van der Waals surface area contributed by atoms with Crippen molar-refractivity contribution in [2.75, 3.05) is 18.6 Å². The molecule has 5 nitrogen and oxygen atoms in total. The molecule has 0 unspecified atom stereocenters. The molecule has 5 heteroatoms. The van der Waals surface area contributed by atoms with Crippen molar-refractivity contribution < 1.29 is 9.53 Å². The highest BCUT2D eigenvalue weighted by molar-refractivity contribution is 6.09. The third-order valence-electron chi connectivity index (χ3n) is 3.99. The van der Waals surface area contributed by atoms with Crippen LogP contribution in [0.15, 0.2) is 18.2 Å². The molecule has 2 aromatic rings. The van der Waals surface area contributed by atoms with Gasteiger partial charge in [-0.2, -0.15) is 5.10 Å². The molecule has 1 aromatic carbocycles. The van der Waals surface area contributed by atoms with E-state index in [1.165, 1.54) is 0 Å². The van der Waals surface area contributed by atoms with Gasteiger partial charge in [-0.3, -0.25) is 9.89 Å². The molecule has 0 atom stereocenters. The van der Waals surface area contributed by atoms with Gasteiger partial charge in [0.15, 0.2) is 0 Å². The Bertz CT molecular complexity index is 657. The van der Waals surface area contributed by atoms with E-state index in [1.54, 1.807) is 7.11 Å². The number of benzene rings is 1. The van der Waals surface area contributed by atoms with Crippen molar-refractivity contribution in [2.45, 2.75) is 26.7 Å². The largest absolute Gasteiger partial charge is 0.495 e. The summed E-state index contributed by atoms with van der Waals surface area (Å²) in [5.41, 5.74) is 4.26. The number of para-hydroxylation sites is 1. The second-order valence-electron chi connectivity index (χ2n) is 5.34. The van der Waals surface area contributed by atoms with E-state index in [9.17, 15) is 4.79 Å². The van der Waals surface area contributed by atoms with Gasteiger partial charge in [0.25, 0.3) is 5.91 Å². The van der Waals surface area contributed by atoms with Gasteiger partial charge in [-0.1, -0.05) is 12.1 Å². The number of hydrogen-bond donors (Lipinski definition) is 1. The second kappa shape index (κ2) is 5.24. The van der Waals surface area contributed by atoms with Crippen molar-refractivity contribution in [1.82, 2.24) is 10.2 Å². The molecule has 2 heterocycles. The van der Waals surface area contributed by atoms with E-state index in [-0.39, 0.29) is 5.91 Å². The van der Waals surface area contributed by atoms with Gasteiger partial charge < -0.3 is 9.64 Å². The minimum atomic E-state index is -0.01000. The Balaban J connectivity index is 2.08. The average Bonchev–Trinajstić information content (AvgIpc) is 2.84. The van der Waals surface area contributed by atoms with Crippen LogP contribution in [-0.2, 0) is 6.42 Å². The van der Waals surface area contributed by atoms with Crippen LogP contribution in [0.25, 0.3) is 0 Å². The lowest BCUT2D eigenvalue weighted by Crippen LogP contribution is -2.36. The number of nitrogens with zero attached hydrogens (tertiary/aromatic N) is 2. The number of carbonyl (C=O) groups is 1. The Morgan fingerprint density at radius 1 is 1.38 bits per heavy atom. The molecular weight excluding hydrogens is 266 g/mol. The lowest BCUT2D eigenvalue weighted by molar-refractivity contribution is 0.0983. The molecule has 0 spiro atoms. The summed E-state index contributed by atoms with van der Waals surface area (Å²) in [7, 11) is 1.64. The molecular formula is C16H19N3O2. The third kappa shape index (κ3) is 2.18. The maximum absolute atomic E-state index is 12.9. The quantitative estimate of drug-likeness (QED) is 0.922. The Hall–Kier alpha value is -2.30. The van der Waals surface area contributed by atoms with Crippen LogP contribution < -0.4 is 9.64 Å². The van der Waals surface area contributed by atoms with Crippen LogP contribution >= 0.6 is 0 Å². The van der Waals surface area contributed by atoms with Gasteiger partial charge in [0, 0.05) is 12.2 Å². The predicted molar refractivity (Wildman–Crippen MR) is 81.1 cm³/mol. The SMILES string of the molecule is COc1cccc2c1N(C(=O)c1c(C)n[nH]c1C)CCC2. The van der Waals surface area contributed by atoms with E-state index in [0.717, 1.165) is 41.2 Å². The first kappa shape index (κ1) is 13.7. The third-order valence-corrected chi connectivity index (χ3v) is 3.99. The van der Waals surface area contributed by atoms with Crippen LogP contribution in [-0.4, -0.2) is 29.8 Å². The van der Waals surface area contributed by atoms with Crippen molar-refractivity contribution in [3.63, 3.8) is 0 Å². The fourth-order valence-electron chi connectivity index (χ4n) is 2.98. The highest BCUT2D eigenvalue weighted by atomic mass is 16.5. The number of fused-ring (bicyclic) bond motifs is 1. The van der Waals surface area contributed by atoms with Crippen molar-refractivity contribution in [3.05, 3.63) is 40.7 Å². The Kier molecular flexibility index (Phi) is 3.41. The molecule has 0 saturated carbocycles. The van der Waals surface area contributed by atoms with Crippen LogP contribution in [0.5, 0.6) is 5.75 Å². The Morgan fingerprint density at radius 2 is 2.19 bits per heavy atom. The molecule has 1 aromatic heterocycles. The van der Waals surface area contributed by atoms with E-state index < -0.39 is 0 Å². The molecule has 0 saturated heterocycles. The number of hydrogen-bond acceptors (Lipinski definition) is 3. The number of rotatable bonds is 2. The summed E-state index contributed by atoms with van der Waals surface area (Å²) in [6.07, 6.45) is 1.93. The van der Waals surface area contributed by atoms with E-state index in [1.807, 2.05) is 30.9 Å². The molecule has 0 bridgehead atoms. The summed E-state index contributed by atoms with van der Waals surface area (Å²) in [5, 5.41) is 7.01. The number of nitrogens with one attached hydrogen (secondary N) is 1. The summed E-state index contributed by atoms with van der Waals surface area (Å²) in [6, 6.07) is 5.94. The molecule has 0 aliphatic carbocycles. The number of aryl methyl sites for hydroxylation is 3. The number of ether oxygens (including phenoxy) is 1. The van der Waals surface area contributed by atoms with Gasteiger partial charge in [-0.15, -0.1) is 0 Å². The van der Waals surface area contributed by atoms with Gasteiger partial charge in [0.2, 0.25) is 0 Å². The first-order valence-corrected chi connectivity index (χ1v) is 7.12. The fourth-order valence-corrected chi connectivity index (χ4v) is 2.98. The summed E-state index contributed by atoms with van der Waals surface area (Å²) in [5.74, 6) is 0.739. The molecule has 1 aliphatic rings. The van der Waals surface area contributed by atoms with Gasteiger partial charge in [-0.25, -0.2) is 0 Å². The van der Waals surface area contributed by atoms with Crippen molar-refractivity contribution in [1.29, 1.82) is 0 Å². The zero-order valence-electron chi connectivity index (χ0n) is 12.6. The number of anilines is 1. The van der Waals surface area contributed by atoms with E-state index in [2.05, 4.69) is 16.3 Å². The Labute approximate surface area is 123 Å². The fraction of sp³-hybridized carbons (Fsp3) is 0.375. The molecule has 0 radical (unpaired) electrons. The number of carbonyl (C=O) groups excluding carboxylic acids is 1. The maximum Gasteiger partial charge on any atom is 0.262 e. The summed E-state index contributed by atoms with van der Waals surface area (Å²) in [6.45, 7) is 4.43. The molecule has 1 N–H and O–H groups in total. The first-order valence-electron chi connectivity index (χ1n) is 7.12. The number of aromatic nitrogens is 2. The van der Waals surface area contributed by atoms with Crippen LogP contribution in [0.1, 0.15) is 33.7 Å². The standard InChI is InChI=1S/C16H19N3O2/c1-10-14(11(2)18-17-10)16(20)19-9-5-7-12-6-4-8-13(21-3)15(12)19/h4,6,8H,5,7,9H2,1-3H3,(H,17,18). The summed E-state index contributed by atoms with van der Waals surface area (Å²) in [4.78, 5) is 14.8. The van der Waals surface area contributed by atoms with Gasteiger partial charge in [0.05, 0.1) is 24.1 Å². The minimum Gasteiger partial charge on any atom is -0.495 e. The molecule has 3 rings (SSSR count). The van der Waals surface area contributed by atoms with Crippen LogP contribution in [0.3, 0.4) is 0 Å². The number of amides is 1. The molecule has 1 amide bonds. The van der Waals surface area contributed by atoms with E-state index in [0.29, 0.717) is 12.1 Å². The molecule has 1 aliphatic heterocycles. The second-order valence-corrected chi connectivity index (χ2v) is 5.34. The number of H-pyrrole nitrogens is 1. The molecule has 110 valence electrons.